The van der Waals surface area contributed by atoms with Gasteiger partial charge in [0.15, 0.2) is 0 Å². The molecular formula is C15H23NO2. The van der Waals surface area contributed by atoms with E-state index in [0.29, 0.717) is 5.92 Å². The Morgan fingerprint density at radius 3 is 2.11 bits per heavy atom. The second kappa shape index (κ2) is 6.55. The Morgan fingerprint density at radius 1 is 1.22 bits per heavy atom. The van der Waals surface area contributed by atoms with Crippen molar-refractivity contribution < 1.29 is 9.90 Å². The van der Waals surface area contributed by atoms with E-state index in [0.717, 1.165) is 12.0 Å². The van der Waals surface area contributed by atoms with E-state index in [1.54, 1.807) is 0 Å². The molecule has 3 nitrogen and oxygen atoms in total. The Bertz CT molecular complexity index is 384. The van der Waals surface area contributed by atoms with Gasteiger partial charge in [-0.3, -0.25) is 4.79 Å². The highest BCUT2D eigenvalue weighted by molar-refractivity contribution is 5.68. The number of carboxylic acids is 1. The van der Waals surface area contributed by atoms with Crippen LogP contribution < -0.4 is 5.73 Å². The highest BCUT2D eigenvalue weighted by Crippen LogP contribution is 2.26. The summed E-state index contributed by atoms with van der Waals surface area (Å²) in [6.07, 6.45) is 0.875. The molecule has 0 bridgehead atoms. The third kappa shape index (κ3) is 3.84. The Balaban J connectivity index is 2.94. The number of carbonyl (C=O) groups is 1. The van der Waals surface area contributed by atoms with E-state index in [2.05, 4.69) is 26.0 Å². The van der Waals surface area contributed by atoms with Crippen molar-refractivity contribution in [2.75, 3.05) is 0 Å². The van der Waals surface area contributed by atoms with Crippen molar-refractivity contribution in [3.05, 3.63) is 35.4 Å². The van der Waals surface area contributed by atoms with Crippen molar-refractivity contribution in [2.24, 2.45) is 5.73 Å². The first-order valence-corrected chi connectivity index (χ1v) is 6.52. The van der Waals surface area contributed by atoms with Crippen LogP contribution in [0.5, 0.6) is 0 Å². The molecule has 0 aliphatic carbocycles. The topological polar surface area (TPSA) is 63.3 Å². The molecule has 0 saturated heterocycles. The first kappa shape index (κ1) is 14.7. The van der Waals surface area contributed by atoms with Crippen LogP contribution in [0.25, 0.3) is 0 Å². The second-order valence-electron chi connectivity index (χ2n) is 5.10. The standard InChI is InChI=1S/C15H23NO2/c1-4-14(16)13(9-15(17)18)12-7-5-11(6-8-12)10(2)3/h5-8,10,13-14H,4,9,16H2,1-3H3,(H,17,18). The van der Waals surface area contributed by atoms with E-state index in [4.69, 9.17) is 10.8 Å². The number of hydrogen-bond donors (Lipinski definition) is 2. The number of aliphatic carboxylic acids is 1. The maximum absolute atomic E-state index is 10.9. The summed E-state index contributed by atoms with van der Waals surface area (Å²) in [5.74, 6) is -0.414. The van der Waals surface area contributed by atoms with Gasteiger partial charge in [0.2, 0.25) is 0 Å². The van der Waals surface area contributed by atoms with Crippen LogP contribution in [0.1, 0.15) is 56.6 Å². The van der Waals surface area contributed by atoms with Gasteiger partial charge in [0.1, 0.15) is 0 Å². The fourth-order valence-electron chi connectivity index (χ4n) is 2.12. The highest BCUT2D eigenvalue weighted by Gasteiger charge is 2.21. The summed E-state index contributed by atoms with van der Waals surface area (Å²) in [5.41, 5.74) is 8.32. The van der Waals surface area contributed by atoms with Gasteiger partial charge in [-0.2, -0.15) is 0 Å². The van der Waals surface area contributed by atoms with E-state index >= 15 is 0 Å². The van der Waals surface area contributed by atoms with Gasteiger partial charge in [-0.25, -0.2) is 0 Å². The summed E-state index contributed by atoms with van der Waals surface area (Å²) in [5, 5.41) is 8.98. The van der Waals surface area contributed by atoms with Crippen LogP contribution in [-0.2, 0) is 4.79 Å². The fraction of sp³-hybridized carbons (Fsp3) is 0.533. The number of rotatable bonds is 6. The second-order valence-corrected chi connectivity index (χ2v) is 5.10. The molecule has 1 aromatic carbocycles. The third-order valence-electron chi connectivity index (χ3n) is 3.41. The summed E-state index contributed by atoms with van der Waals surface area (Å²) >= 11 is 0. The quantitative estimate of drug-likeness (QED) is 0.814. The average Bonchev–Trinajstić information content (AvgIpc) is 2.35. The zero-order valence-corrected chi connectivity index (χ0v) is 11.4. The first-order valence-electron chi connectivity index (χ1n) is 6.52. The van der Waals surface area contributed by atoms with E-state index < -0.39 is 5.97 Å². The van der Waals surface area contributed by atoms with Crippen molar-refractivity contribution in [1.82, 2.24) is 0 Å². The Labute approximate surface area is 109 Å². The summed E-state index contributed by atoms with van der Waals surface area (Å²) in [6, 6.07) is 8.05. The molecule has 0 radical (unpaired) electrons. The molecule has 100 valence electrons. The molecule has 0 fully saturated rings. The Hall–Kier alpha value is -1.35. The first-order chi connectivity index (χ1) is 8.45. The van der Waals surface area contributed by atoms with E-state index in [-0.39, 0.29) is 18.4 Å². The largest absolute Gasteiger partial charge is 0.481 e. The minimum Gasteiger partial charge on any atom is -0.481 e. The predicted molar refractivity (Wildman–Crippen MR) is 73.8 cm³/mol. The number of hydrogen-bond acceptors (Lipinski definition) is 2. The lowest BCUT2D eigenvalue weighted by Crippen LogP contribution is -2.29. The monoisotopic (exact) mass is 249 g/mol. The highest BCUT2D eigenvalue weighted by atomic mass is 16.4. The number of carboxylic acid groups (broad SMARTS) is 1. The molecule has 0 saturated carbocycles. The summed E-state index contributed by atoms with van der Waals surface area (Å²) in [7, 11) is 0. The predicted octanol–water partition coefficient (Wildman–Crippen LogP) is 3.11. The average molecular weight is 249 g/mol. The molecule has 1 aromatic rings. The minimum atomic E-state index is -0.795. The molecule has 0 amide bonds. The maximum atomic E-state index is 10.9. The van der Waals surface area contributed by atoms with Crippen LogP contribution in [-0.4, -0.2) is 17.1 Å². The molecule has 3 heteroatoms. The van der Waals surface area contributed by atoms with Crippen molar-refractivity contribution in [3.63, 3.8) is 0 Å². The summed E-state index contributed by atoms with van der Waals surface area (Å²) < 4.78 is 0. The molecule has 0 aliphatic rings. The third-order valence-corrected chi connectivity index (χ3v) is 3.41. The molecule has 18 heavy (non-hydrogen) atoms. The lowest BCUT2D eigenvalue weighted by molar-refractivity contribution is -0.137. The fourth-order valence-corrected chi connectivity index (χ4v) is 2.12. The Kier molecular flexibility index (Phi) is 5.35. The SMILES string of the molecule is CCC(N)C(CC(=O)O)c1ccc(C(C)C)cc1. The zero-order chi connectivity index (χ0) is 13.7. The zero-order valence-electron chi connectivity index (χ0n) is 11.4. The maximum Gasteiger partial charge on any atom is 0.304 e. The molecule has 2 atom stereocenters. The number of benzene rings is 1. The molecular weight excluding hydrogens is 226 g/mol. The molecule has 3 N–H and O–H groups in total. The van der Waals surface area contributed by atoms with Gasteiger partial charge < -0.3 is 10.8 Å². The van der Waals surface area contributed by atoms with Crippen molar-refractivity contribution in [3.8, 4) is 0 Å². The van der Waals surface area contributed by atoms with Crippen LogP contribution in [0.15, 0.2) is 24.3 Å². The van der Waals surface area contributed by atoms with E-state index in [1.165, 1.54) is 5.56 Å². The van der Waals surface area contributed by atoms with Gasteiger partial charge in [0, 0.05) is 12.0 Å². The minimum absolute atomic E-state index is 0.0933. The molecule has 0 aromatic heterocycles. The van der Waals surface area contributed by atoms with Gasteiger partial charge in [-0.15, -0.1) is 0 Å². The van der Waals surface area contributed by atoms with Gasteiger partial charge >= 0.3 is 5.97 Å². The van der Waals surface area contributed by atoms with Crippen LogP contribution in [0, 0.1) is 0 Å². The van der Waals surface area contributed by atoms with Crippen LogP contribution >= 0.6 is 0 Å². The summed E-state index contributed by atoms with van der Waals surface area (Å²) in [4.78, 5) is 10.9. The molecule has 2 unspecified atom stereocenters. The summed E-state index contributed by atoms with van der Waals surface area (Å²) in [6.45, 7) is 6.27. The smallest absolute Gasteiger partial charge is 0.304 e. The van der Waals surface area contributed by atoms with Gasteiger partial charge in [-0.1, -0.05) is 45.0 Å². The lowest BCUT2D eigenvalue weighted by Gasteiger charge is -2.22. The van der Waals surface area contributed by atoms with Crippen molar-refractivity contribution in [1.29, 1.82) is 0 Å². The normalized spacial score (nSPS) is 14.5. The Morgan fingerprint density at radius 2 is 1.72 bits per heavy atom. The van der Waals surface area contributed by atoms with E-state index in [1.807, 2.05) is 19.1 Å². The van der Waals surface area contributed by atoms with Crippen molar-refractivity contribution >= 4 is 5.97 Å². The van der Waals surface area contributed by atoms with Crippen LogP contribution in [0.2, 0.25) is 0 Å². The van der Waals surface area contributed by atoms with Gasteiger partial charge in [0.25, 0.3) is 0 Å². The van der Waals surface area contributed by atoms with Crippen molar-refractivity contribution in [2.45, 2.75) is 51.5 Å². The molecule has 0 aliphatic heterocycles. The van der Waals surface area contributed by atoms with E-state index in [9.17, 15) is 4.79 Å². The molecule has 0 heterocycles. The lowest BCUT2D eigenvalue weighted by atomic mass is 9.86. The van der Waals surface area contributed by atoms with Gasteiger partial charge in [0.05, 0.1) is 6.42 Å². The van der Waals surface area contributed by atoms with Crippen LogP contribution in [0.3, 0.4) is 0 Å². The van der Waals surface area contributed by atoms with Gasteiger partial charge in [-0.05, 0) is 23.5 Å². The number of nitrogens with two attached hydrogens (primary N) is 1. The molecule has 0 spiro atoms. The van der Waals surface area contributed by atoms with Crippen LogP contribution in [0.4, 0.5) is 0 Å². The molecule has 1 rings (SSSR count).